The minimum absolute atomic E-state index is 0.253. The van der Waals surface area contributed by atoms with Crippen molar-refractivity contribution >= 4 is 0 Å². The lowest BCUT2D eigenvalue weighted by Gasteiger charge is -2.13. The van der Waals surface area contributed by atoms with E-state index in [1.807, 2.05) is 12.1 Å². The van der Waals surface area contributed by atoms with Crippen LogP contribution in [0.1, 0.15) is 32.3 Å². The number of ether oxygens (including phenoxy) is 1. The molecule has 0 aliphatic rings. The summed E-state index contributed by atoms with van der Waals surface area (Å²) in [5.74, 6) is 0.253. The smallest absolute Gasteiger partial charge is 0.422 e. The van der Waals surface area contributed by atoms with Crippen molar-refractivity contribution in [2.75, 3.05) is 13.2 Å². The van der Waals surface area contributed by atoms with E-state index >= 15 is 0 Å². The van der Waals surface area contributed by atoms with E-state index in [0.29, 0.717) is 6.04 Å². The zero-order valence-electron chi connectivity index (χ0n) is 12.0. The Morgan fingerprint density at radius 1 is 1.20 bits per heavy atom. The Hall–Kier alpha value is -1.23. The first-order valence-corrected chi connectivity index (χ1v) is 6.92. The molecule has 0 bridgehead atoms. The summed E-state index contributed by atoms with van der Waals surface area (Å²) in [5, 5.41) is 3.40. The van der Waals surface area contributed by atoms with Gasteiger partial charge >= 0.3 is 6.18 Å². The lowest BCUT2D eigenvalue weighted by Crippen LogP contribution is -2.27. The molecule has 114 valence electrons. The fourth-order valence-corrected chi connectivity index (χ4v) is 1.79. The summed E-state index contributed by atoms with van der Waals surface area (Å²) >= 11 is 0. The summed E-state index contributed by atoms with van der Waals surface area (Å²) in [4.78, 5) is 0. The van der Waals surface area contributed by atoms with Crippen molar-refractivity contribution in [3.05, 3.63) is 29.8 Å². The van der Waals surface area contributed by atoms with E-state index in [9.17, 15) is 13.2 Å². The molecule has 0 aromatic heterocycles. The van der Waals surface area contributed by atoms with E-state index in [2.05, 4.69) is 23.9 Å². The quantitative estimate of drug-likeness (QED) is 0.782. The predicted octanol–water partition coefficient (Wildman–Crippen LogP) is 3.95. The summed E-state index contributed by atoms with van der Waals surface area (Å²) in [6, 6.07) is 7.25. The van der Waals surface area contributed by atoms with Gasteiger partial charge in [-0.25, -0.2) is 0 Å². The molecule has 1 aromatic carbocycles. The van der Waals surface area contributed by atoms with E-state index in [1.165, 1.54) is 0 Å². The Morgan fingerprint density at radius 3 is 2.40 bits per heavy atom. The fourth-order valence-electron chi connectivity index (χ4n) is 1.79. The molecule has 0 saturated carbocycles. The van der Waals surface area contributed by atoms with Crippen LogP contribution in [0.2, 0.25) is 0 Å². The molecule has 2 nitrogen and oxygen atoms in total. The molecule has 0 aliphatic heterocycles. The topological polar surface area (TPSA) is 21.3 Å². The molecule has 1 N–H and O–H groups in total. The number of rotatable bonds is 8. The van der Waals surface area contributed by atoms with Crippen LogP contribution in [0.4, 0.5) is 13.2 Å². The van der Waals surface area contributed by atoms with Gasteiger partial charge in [-0.2, -0.15) is 13.2 Å². The lowest BCUT2D eigenvalue weighted by atomic mass is 10.1. The Labute approximate surface area is 118 Å². The van der Waals surface area contributed by atoms with Gasteiger partial charge < -0.3 is 10.1 Å². The van der Waals surface area contributed by atoms with Crippen molar-refractivity contribution in [3.63, 3.8) is 0 Å². The zero-order valence-corrected chi connectivity index (χ0v) is 12.0. The molecule has 1 rings (SSSR count). The lowest BCUT2D eigenvalue weighted by molar-refractivity contribution is -0.153. The average molecular weight is 289 g/mol. The van der Waals surface area contributed by atoms with E-state index in [4.69, 9.17) is 0 Å². The van der Waals surface area contributed by atoms with Gasteiger partial charge in [0.25, 0.3) is 0 Å². The second-order valence-electron chi connectivity index (χ2n) is 4.94. The van der Waals surface area contributed by atoms with Gasteiger partial charge in [-0.05, 0) is 50.4 Å². The average Bonchev–Trinajstić information content (AvgIpc) is 2.41. The van der Waals surface area contributed by atoms with E-state index in [0.717, 1.165) is 31.4 Å². The summed E-state index contributed by atoms with van der Waals surface area (Å²) in [6.45, 7) is 4.02. The molecule has 1 aromatic rings. The van der Waals surface area contributed by atoms with Crippen molar-refractivity contribution < 1.29 is 17.9 Å². The standard InChI is InChI=1S/C15H22F3NO/c1-3-10-19-12(2)4-5-13-6-8-14(9-7-13)20-11-15(16,17)18/h6-9,12,19H,3-5,10-11H2,1-2H3. The second-order valence-corrected chi connectivity index (χ2v) is 4.94. The fraction of sp³-hybridized carbons (Fsp3) is 0.600. The normalized spacial score (nSPS) is 13.2. The van der Waals surface area contributed by atoms with Gasteiger partial charge in [0.15, 0.2) is 6.61 Å². The molecule has 5 heteroatoms. The first-order chi connectivity index (χ1) is 9.40. The van der Waals surface area contributed by atoms with Crippen LogP contribution >= 0.6 is 0 Å². The summed E-state index contributed by atoms with van der Waals surface area (Å²) < 4.78 is 40.7. The van der Waals surface area contributed by atoms with Gasteiger partial charge in [0.2, 0.25) is 0 Å². The van der Waals surface area contributed by atoms with Gasteiger partial charge in [-0.3, -0.25) is 0 Å². The van der Waals surface area contributed by atoms with Crippen LogP contribution in [0.25, 0.3) is 0 Å². The van der Waals surface area contributed by atoms with Gasteiger partial charge in [-0.1, -0.05) is 19.1 Å². The molecule has 0 spiro atoms. The number of aryl methyl sites for hydroxylation is 1. The highest BCUT2D eigenvalue weighted by Gasteiger charge is 2.28. The molecule has 0 saturated heterocycles. The molecule has 1 unspecified atom stereocenters. The third kappa shape index (κ3) is 7.38. The van der Waals surface area contributed by atoms with Gasteiger partial charge in [0.1, 0.15) is 5.75 Å². The number of hydrogen-bond acceptors (Lipinski definition) is 2. The Balaban J connectivity index is 2.35. The monoisotopic (exact) mass is 289 g/mol. The molecule has 0 fully saturated rings. The van der Waals surface area contributed by atoms with Crippen LogP contribution in [-0.4, -0.2) is 25.4 Å². The number of halogens is 3. The van der Waals surface area contributed by atoms with Crippen molar-refractivity contribution in [1.29, 1.82) is 0 Å². The minimum Gasteiger partial charge on any atom is -0.484 e. The Bertz CT molecular complexity index is 376. The predicted molar refractivity (Wildman–Crippen MR) is 74.1 cm³/mol. The minimum atomic E-state index is -4.29. The molecule has 0 radical (unpaired) electrons. The molecule has 0 aliphatic carbocycles. The number of nitrogens with one attached hydrogen (secondary N) is 1. The first kappa shape index (κ1) is 16.8. The Kier molecular flexibility index (Phi) is 6.85. The van der Waals surface area contributed by atoms with Crippen LogP contribution in [0.5, 0.6) is 5.75 Å². The largest absolute Gasteiger partial charge is 0.484 e. The van der Waals surface area contributed by atoms with Crippen LogP contribution in [0, 0.1) is 0 Å². The third-order valence-electron chi connectivity index (χ3n) is 2.93. The molecule has 0 heterocycles. The number of alkyl halides is 3. The van der Waals surface area contributed by atoms with Crippen LogP contribution in [0.3, 0.4) is 0 Å². The maximum absolute atomic E-state index is 12.0. The summed E-state index contributed by atoms with van der Waals surface area (Å²) in [7, 11) is 0. The SMILES string of the molecule is CCCNC(C)CCc1ccc(OCC(F)(F)F)cc1. The summed E-state index contributed by atoms with van der Waals surface area (Å²) in [5.41, 5.74) is 1.11. The highest BCUT2D eigenvalue weighted by atomic mass is 19.4. The van der Waals surface area contributed by atoms with Crippen LogP contribution < -0.4 is 10.1 Å². The summed E-state index contributed by atoms with van der Waals surface area (Å²) in [6.07, 6.45) is -1.28. The second kappa shape index (κ2) is 8.15. The molecule has 20 heavy (non-hydrogen) atoms. The molecule has 1 atom stereocenters. The maximum Gasteiger partial charge on any atom is 0.422 e. The van der Waals surface area contributed by atoms with Crippen LogP contribution in [-0.2, 0) is 6.42 Å². The molecular formula is C15H22F3NO. The van der Waals surface area contributed by atoms with Crippen molar-refractivity contribution in [2.24, 2.45) is 0 Å². The van der Waals surface area contributed by atoms with Gasteiger partial charge in [0.05, 0.1) is 0 Å². The number of hydrogen-bond donors (Lipinski definition) is 1. The third-order valence-corrected chi connectivity index (χ3v) is 2.93. The van der Waals surface area contributed by atoms with Crippen molar-refractivity contribution in [2.45, 2.75) is 45.3 Å². The zero-order chi connectivity index (χ0) is 15.0. The van der Waals surface area contributed by atoms with Crippen LogP contribution in [0.15, 0.2) is 24.3 Å². The van der Waals surface area contributed by atoms with Crippen molar-refractivity contribution in [1.82, 2.24) is 5.32 Å². The highest BCUT2D eigenvalue weighted by Crippen LogP contribution is 2.19. The number of benzene rings is 1. The maximum atomic E-state index is 12.0. The molecule has 0 amide bonds. The van der Waals surface area contributed by atoms with E-state index < -0.39 is 12.8 Å². The van der Waals surface area contributed by atoms with Gasteiger partial charge in [-0.15, -0.1) is 0 Å². The van der Waals surface area contributed by atoms with Gasteiger partial charge in [0, 0.05) is 6.04 Å². The van der Waals surface area contributed by atoms with E-state index in [-0.39, 0.29) is 5.75 Å². The first-order valence-electron chi connectivity index (χ1n) is 6.92. The van der Waals surface area contributed by atoms with Crippen molar-refractivity contribution in [3.8, 4) is 5.75 Å². The highest BCUT2D eigenvalue weighted by molar-refractivity contribution is 5.27. The van der Waals surface area contributed by atoms with E-state index in [1.54, 1.807) is 12.1 Å². The molecular weight excluding hydrogens is 267 g/mol. The Morgan fingerprint density at radius 2 is 1.85 bits per heavy atom.